The molecule has 8 atom stereocenters. The summed E-state index contributed by atoms with van der Waals surface area (Å²) < 4.78 is 5.24. The van der Waals surface area contributed by atoms with E-state index in [2.05, 4.69) is 6.58 Å². The highest BCUT2D eigenvalue weighted by Crippen LogP contribution is 2.58. The summed E-state index contributed by atoms with van der Waals surface area (Å²) in [4.78, 5) is 0. The Morgan fingerprint density at radius 1 is 0.818 bits per heavy atom. The number of ether oxygens (including phenoxy) is 1. The van der Waals surface area contributed by atoms with Crippen LogP contribution < -0.4 is 0 Å². The third kappa shape index (κ3) is 2.52. The van der Waals surface area contributed by atoms with Crippen LogP contribution in [0.3, 0.4) is 0 Å². The van der Waals surface area contributed by atoms with Crippen LogP contribution in [0.4, 0.5) is 0 Å². The van der Waals surface area contributed by atoms with Crippen molar-refractivity contribution < 1.29 is 9.84 Å². The summed E-state index contributed by atoms with van der Waals surface area (Å²) in [6.45, 7) is 3.58. The number of hydrogen-bond acceptors (Lipinski definition) is 2. The zero-order chi connectivity index (χ0) is 15.1. The van der Waals surface area contributed by atoms with Gasteiger partial charge in [0.25, 0.3) is 0 Å². The van der Waals surface area contributed by atoms with Crippen molar-refractivity contribution in [3.63, 3.8) is 0 Å². The quantitative estimate of drug-likeness (QED) is 0.603. The summed E-state index contributed by atoms with van der Waals surface area (Å²) in [5, 5.41) is 10.1. The molecule has 4 saturated carbocycles. The fourth-order valence-electron chi connectivity index (χ4n) is 6.98. The van der Waals surface area contributed by atoms with Gasteiger partial charge in [0.2, 0.25) is 0 Å². The first-order chi connectivity index (χ1) is 10.8. The van der Waals surface area contributed by atoms with Gasteiger partial charge in [-0.1, -0.05) is 19.4 Å². The lowest BCUT2D eigenvalue weighted by Gasteiger charge is -2.53. The highest BCUT2D eigenvalue weighted by molar-refractivity contribution is 4.99. The Labute approximate surface area is 135 Å². The van der Waals surface area contributed by atoms with Crippen molar-refractivity contribution in [2.75, 3.05) is 0 Å². The minimum atomic E-state index is -0.623. The lowest BCUT2D eigenvalue weighted by Crippen LogP contribution is -2.45. The Kier molecular flexibility index (Phi) is 4.23. The molecule has 0 bridgehead atoms. The molecule has 4 rings (SSSR count). The van der Waals surface area contributed by atoms with Gasteiger partial charge >= 0.3 is 0 Å². The fraction of sp³-hybridized carbons (Fsp3) is 0.900. The van der Waals surface area contributed by atoms with Crippen LogP contribution in [-0.4, -0.2) is 11.4 Å². The first kappa shape index (κ1) is 15.1. The monoisotopic (exact) mass is 304 g/mol. The maximum Gasteiger partial charge on any atom is 0.199 e. The molecule has 4 fully saturated rings. The maximum absolute atomic E-state index is 10.1. The molecule has 3 unspecified atom stereocenters. The first-order valence-electron chi connectivity index (χ1n) is 9.72. The molecule has 0 aliphatic heterocycles. The number of aliphatic hydroxyl groups is 1. The molecule has 2 heteroatoms. The lowest BCUT2D eigenvalue weighted by atomic mass is 9.53. The minimum absolute atomic E-state index is 0.332. The minimum Gasteiger partial charge on any atom is -0.473 e. The van der Waals surface area contributed by atoms with Gasteiger partial charge in [-0.2, -0.15) is 0 Å². The lowest BCUT2D eigenvalue weighted by molar-refractivity contribution is -0.124. The van der Waals surface area contributed by atoms with E-state index in [1.54, 1.807) is 0 Å². The van der Waals surface area contributed by atoms with Crippen molar-refractivity contribution in [1.29, 1.82) is 0 Å². The second-order valence-electron chi connectivity index (χ2n) is 8.53. The average molecular weight is 304 g/mol. The van der Waals surface area contributed by atoms with Gasteiger partial charge in [-0.3, -0.25) is 0 Å². The van der Waals surface area contributed by atoms with Crippen LogP contribution in [0.15, 0.2) is 12.8 Å². The summed E-state index contributed by atoms with van der Waals surface area (Å²) in [5.74, 6) is 6.35. The molecule has 0 aromatic heterocycles. The third-order valence-corrected chi connectivity index (χ3v) is 7.83. The van der Waals surface area contributed by atoms with Gasteiger partial charge in [0, 0.05) is 5.92 Å². The molecule has 0 aromatic rings. The largest absolute Gasteiger partial charge is 0.473 e. The SMILES string of the molecule is C=COC(O)C1CC[C@H]2C(CC[C@H]3[C@@H]4CCC[C@H]4CC[C@@H]32)C1. The summed E-state index contributed by atoms with van der Waals surface area (Å²) in [5.41, 5.74) is 0. The second kappa shape index (κ2) is 6.19. The molecule has 1 N–H and O–H groups in total. The van der Waals surface area contributed by atoms with Crippen LogP contribution in [0.1, 0.15) is 64.2 Å². The van der Waals surface area contributed by atoms with Gasteiger partial charge in [-0.15, -0.1) is 0 Å². The topological polar surface area (TPSA) is 29.5 Å². The van der Waals surface area contributed by atoms with Crippen LogP contribution in [0, 0.1) is 41.4 Å². The van der Waals surface area contributed by atoms with Gasteiger partial charge in [0.15, 0.2) is 6.29 Å². The smallest absolute Gasteiger partial charge is 0.199 e. The maximum atomic E-state index is 10.1. The zero-order valence-electron chi connectivity index (χ0n) is 13.8. The van der Waals surface area contributed by atoms with Crippen molar-refractivity contribution in [2.45, 2.75) is 70.5 Å². The van der Waals surface area contributed by atoms with Gasteiger partial charge in [0.05, 0.1) is 6.26 Å². The normalized spacial score (nSPS) is 48.7. The second-order valence-corrected chi connectivity index (χ2v) is 8.53. The van der Waals surface area contributed by atoms with E-state index in [9.17, 15) is 5.11 Å². The predicted molar refractivity (Wildman–Crippen MR) is 87.9 cm³/mol. The molecule has 0 aromatic carbocycles. The molecule has 0 heterocycles. The molecule has 2 nitrogen and oxygen atoms in total. The predicted octanol–water partition coefficient (Wildman–Crippen LogP) is 4.73. The Hall–Kier alpha value is -0.500. The molecule has 22 heavy (non-hydrogen) atoms. The van der Waals surface area contributed by atoms with Gasteiger partial charge in [-0.25, -0.2) is 0 Å². The molecule has 0 radical (unpaired) electrons. The molecule has 4 aliphatic rings. The number of hydrogen-bond donors (Lipinski definition) is 1. The zero-order valence-corrected chi connectivity index (χ0v) is 13.8. The molecule has 0 spiro atoms. The molecule has 4 aliphatic carbocycles. The third-order valence-electron chi connectivity index (χ3n) is 7.83. The van der Waals surface area contributed by atoms with E-state index in [4.69, 9.17) is 4.74 Å². The summed E-state index contributed by atoms with van der Waals surface area (Å²) >= 11 is 0. The van der Waals surface area contributed by atoms with E-state index in [1.807, 2.05) is 0 Å². The van der Waals surface area contributed by atoms with Crippen LogP contribution in [0.5, 0.6) is 0 Å². The number of rotatable bonds is 3. The summed E-state index contributed by atoms with van der Waals surface area (Å²) in [6.07, 6.45) is 14.9. The first-order valence-corrected chi connectivity index (χ1v) is 9.72. The molecule has 124 valence electrons. The highest BCUT2D eigenvalue weighted by Gasteiger charge is 2.49. The van der Waals surface area contributed by atoms with E-state index in [0.717, 1.165) is 41.9 Å². The van der Waals surface area contributed by atoms with Crippen molar-refractivity contribution in [3.05, 3.63) is 12.8 Å². The van der Waals surface area contributed by atoms with Crippen molar-refractivity contribution >= 4 is 0 Å². The van der Waals surface area contributed by atoms with Crippen LogP contribution >= 0.6 is 0 Å². The number of fused-ring (bicyclic) bond motifs is 5. The Morgan fingerprint density at radius 3 is 2.27 bits per heavy atom. The molecular weight excluding hydrogens is 272 g/mol. The van der Waals surface area contributed by atoms with E-state index in [1.165, 1.54) is 64.0 Å². The van der Waals surface area contributed by atoms with Gasteiger partial charge in [0.1, 0.15) is 0 Å². The Bertz CT molecular complexity index is 407. The van der Waals surface area contributed by atoms with E-state index in [0.29, 0.717) is 5.92 Å². The Morgan fingerprint density at radius 2 is 1.50 bits per heavy atom. The van der Waals surface area contributed by atoms with E-state index < -0.39 is 6.29 Å². The van der Waals surface area contributed by atoms with E-state index in [-0.39, 0.29) is 0 Å². The van der Waals surface area contributed by atoms with Crippen LogP contribution in [0.25, 0.3) is 0 Å². The van der Waals surface area contributed by atoms with Crippen molar-refractivity contribution in [3.8, 4) is 0 Å². The van der Waals surface area contributed by atoms with Gasteiger partial charge in [-0.05, 0) is 86.9 Å². The fourth-order valence-corrected chi connectivity index (χ4v) is 6.98. The standard InChI is InChI=1S/C20H32O2/c1-2-22-20(21)15-8-9-17-14(12-15)7-11-18-16-5-3-4-13(16)6-10-19(17)18/h2,13-21H,1,3-12H2/t13-,14?,15?,16+,17-,18-,19+,20?/m0/s1. The number of aliphatic hydroxyl groups excluding tert-OH is 1. The van der Waals surface area contributed by atoms with Crippen molar-refractivity contribution in [1.82, 2.24) is 0 Å². The van der Waals surface area contributed by atoms with Gasteiger partial charge < -0.3 is 9.84 Å². The molecule has 0 saturated heterocycles. The van der Waals surface area contributed by atoms with Crippen molar-refractivity contribution in [2.24, 2.45) is 41.4 Å². The molecule has 0 amide bonds. The van der Waals surface area contributed by atoms with Crippen LogP contribution in [0.2, 0.25) is 0 Å². The Balaban J connectivity index is 1.43. The van der Waals surface area contributed by atoms with Crippen LogP contribution in [-0.2, 0) is 4.74 Å². The summed E-state index contributed by atoms with van der Waals surface area (Å²) in [6, 6.07) is 0. The highest BCUT2D eigenvalue weighted by atomic mass is 16.6. The van der Waals surface area contributed by atoms with E-state index >= 15 is 0 Å². The molecular formula is C20H32O2. The average Bonchev–Trinajstić information content (AvgIpc) is 3.03. The summed E-state index contributed by atoms with van der Waals surface area (Å²) in [7, 11) is 0.